The van der Waals surface area contributed by atoms with Crippen molar-refractivity contribution in [1.82, 2.24) is 31.5 Å². The highest BCUT2D eigenvalue weighted by Gasteiger charge is 2.45. The van der Waals surface area contributed by atoms with E-state index >= 15 is 0 Å². The van der Waals surface area contributed by atoms with Gasteiger partial charge >= 0.3 is 12.1 Å². The fraction of sp³-hybridized carbons (Fsp3) is 0.500. The van der Waals surface area contributed by atoms with Gasteiger partial charge in [0.1, 0.15) is 18.1 Å². The molecule has 336 valence electrons. The standard InChI is InChI=1S/C42H53Cl2N7O11/c1-4-11-30(35(53)39(57)46-19-32(52)49-33(36(45)54)23-12-7-5-8-13-23)48-38(56)31-16-25(47-42(61)62-21-22(2)3)20-51(31)40(58)34(24-14-9-6-10-15-24)50-37(55)26-17-28(43)29(44)18-27(26)41(59)60/h5,7-8,12-13,17-18,22,24-25,30-31,33-34H,4,6,9-11,14-16,19-21H2,1-3H3,(H2,45,54)(H,46,57)(H,47,61)(H,48,56)(H,49,52)(H,50,55)(H,59,60)/t25-,30?,31+,33+,34+/m1/s1. The van der Waals surface area contributed by atoms with E-state index in [1.807, 2.05) is 13.8 Å². The van der Waals surface area contributed by atoms with Crippen LogP contribution in [0, 0.1) is 11.8 Å². The molecule has 1 aliphatic heterocycles. The summed E-state index contributed by atoms with van der Waals surface area (Å²) < 4.78 is 5.28. The van der Waals surface area contributed by atoms with Gasteiger partial charge in [0.25, 0.3) is 11.8 Å². The molecule has 62 heavy (non-hydrogen) atoms. The Morgan fingerprint density at radius 2 is 1.55 bits per heavy atom. The molecule has 8 N–H and O–H groups in total. The second kappa shape index (κ2) is 22.9. The molecule has 7 amide bonds. The number of benzene rings is 2. The monoisotopic (exact) mass is 901 g/mol. The smallest absolute Gasteiger partial charge is 0.407 e. The van der Waals surface area contributed by atoms with Gasteiger partial charge in [-0.1, -0.05) is 100.0 Å². The van der Waals surface area contributed by atoms with E-state index in [1.165, 1.54) is 4.90 Å². The lowest BCUT2D eigenvalue weighted by atomic mass is 9.83. The second-order valence-corrected chi connectivity index (χ2v) is 16.6. The quantitative estimate of drug-likeness (QED) is 0.101. The minimum Gasteiger partial charge on any atom is -0.478 e. The number of rotatable bonds is 19. The van der Waals surface area contributed by atoms with Crippen molar-refractivity contribution >= 4 is 76.5 Å². The third kappa shape index (κ3) is 13.4. The molecule has 0 spiro atoms. The number of carboxylic acids is 1. The van der Waals surface area contributed by atoms with Gasteiger partial charge in [-0.2, -0.15) is 0 Å². The minimum absolute atomic E-state index is 0.0118. The zero-order valence-corrected chi connectivity index (χ0v) is 36.2. The Kier molecular flexibility index (Phi) is 18.1. The Bertz CT molecular complexity index is 2010. The van der Waals surface area contributed by atoms with Crippen molar-refractivity contribution in [1.29, 1.82) is 0 Å². The molecule has 20 heteroatoms. The maximum atomic E-state index is 14.8. The molecule has 0 radical (unpaired) electrons. The number of carbonyl (C=O) groups is 9. The topological polar surface area (TPSA) is 272 Å². The van der Waals surface area contributed by atoms with Gasteiger partial charge in [0, 0.05) is 6.54 Å². The van der Waals surface area contributed by atoms with Crippen molar-refractivity contribution in [3.63, 3.8) is 0 Å². The lowest BCUT2D eigenvalue weighted by Crippen LogP contribution is -2.58. The normalized spacial score (nSPS) is 17.8. The number of Topliss-reactive ketones (excluding diaryl/α,β-unsaturated/α-hetero) is 1. The van der Waals surface area contributed by atoms with Gasteiger partial charge < -0.3 is 47.1 Å². The third-order valence-electron chi connectivity index (χ3n) is 10.5. The van der Waals surface area contributed by atoms with Crippen LogP contribution in [0.3, 0.4) is 0 Å². The van der Waals surface area contributed by atoms with Crippen LogP contribution >= 0.6 is 23.2 Å². The predicted octanol–water partition coefficient (Wildman–Crippen LogP) is 3.04. The number of nitrogens with two attached hydrogens (primary N) is 1. The number of likely N-dealkylation sites (tertiary alicyclic amines) is 1. The molecule has 5 atom stereocenters. The van der Waals surface area contributed by atoms with E-state index in [4.69, 9.17) is 33.7 Å². The highest BCUT2D eigenvalue weighted by atomic mass is 35.5. The highest BCUT2D eigenvalue weighted by molar-refractivity contribution is 6.42. The SMILES string of the molecule is CCCC(NC(=O)[C@@H]1C[C@@H](NC(=O)OCC(C)C)CN1C(=O)[C@@H](NC(=O)c1cc(Cl)c(Cl)cc1C(=O)O)C1CCCCC1)C(=O)C(=O)NCC(=O)N[C@H](C(N)=O)c1ccccc1. The number of amides is 7. The molecule has 1 saturated carbocycles. The first-order chi connectivity index (χ1) is 29.4. The molecule has 2 aliphatic rings. The molecule has 1 heterocycles. The summed E-state index contributed by atoms with van der Waals surface area (Å²) in [6, 6.07) is 4.24. The zero-order chi connectivity index (χ0) is 45.7. The van der Waals surface area contributed by atoms with Crippen LogP contribution in [0.15, 0.2) is 42.5 Å². The Labute approximate surface area is 368 Å². The number of hydrogen-bond donors (Lipinski definition) is 7. The van der Waals surface area contributed by atoms with Crippen molar-refractivity contribution < 1.29 is 53.0 Å². The molecular weight excluding hydrogens is 849 g/mol. The largest absolute Gasteiger partial charge is 0.478 e. The van der Waals surface area contributed by atoms with E-state index in [-0.39, 0.29) is 47.5 Å². The number of nitrogens with zero attached hydrogens (tertiary/aromatic N) is 1. The Morgan fingerprint density at radius 3 is 2.15 bits per heavy atom. The fourth-order valence-corrected chi connectivity index (χ4v) is 7.78. The van der Waals surface area contributed by atoms with E-state index in [9.17, 15) is 48.3 Å². The van der Waals surface area contributed by atoms with Crippen molar-refractivity contribution in [3.8, 4) is 0 Å². The van der Waals surface area contributed by atoms with Crippen LogP contribution in [-0.2, 0) is 33.5 Å². The third-order valence-corrected chi connectivity index (χ3v) is 11.3. The van der Waals surface area contributed by atoms with E-state index in [2.05, 4.69) is 26.6 Å². The van der Waals surface area contributed by atoms with Crippen LogP contribution < -0.4 is 32.3 Å². The summed E-state index contributed by atoms with van der Waals surface area (Å²) in [7, 11) is 0. The van der Waals surface area contributed by atoms with Gasteiger partial charge in [0.05, 0.1) is 46.4 Å². The molecule has 0 aromatic heterocycles. The van der Waals surface area contributed by atoms with Gasteiger partial charge in [-0.3, -0.25) is 33.6 Å². The summed E-state index contributed by atoms with van der Waals surface area (Å²) in [4.78, 5) is 120. The number of carbonyl (C=O) groups excluding carboxylic acids is 8. The average Bonchev–Trinajstić information content (AvgIpc) is 3.67. The highest BCUT2D eigenvalue weighted by Crippen LogP contribution is 2.31. The summed E-state index contributed by atoms with van der Waals surface area (Å²) in [5.41, 5.74) is 5.07. The van der Waals surface area contributed by atoms with Gasteiger partial charge in [-0.05, 0) is 55.2 Å². The number of nitrogens with one attached hydrogen (secondary N) is 5. The van der Waals surface area contributed by atoms with Gasteiger partial charge in [-0.25, -0.2) is 9.59 Å². The van der Waals surface area contributed by atoms with Crippen LogP contribution in [0.4, 0.5) is 4.79 Å². The van der Waals surface area contributed by atoms with E-state index < -0.39 is 102 Å². The first-order valence-electron chi connectivity index (χ1n) is 20.4. The molecule has 0 bridgehead atoms. The van der Waals surface area contributed by atoms with Gasteiger partial charge in [0.2, 0.25) is 29.4 Å². The summed E-state index contributed by atoms with van der Waals surface area (Å²) in [6.45, 7) is 4.57. The number of aromatic carboxylic acids is 1. The fourth-order valence-electron chi connectivity index (χ4n) is 7.45. The Balaban J connectivity index is 1.57. The number of halogens is 2. The lowest BCUT2D eigenvalue weighted by Gasteiger charge is -2.35. The van der Waals surface area contributed by atoms with Gasteiger partial charge in [-0.15, -0.1) is 0 Å². The molecule has 18 nitrogen and oxygen atoms in total. The summed E-state index contributed by atoms with van der Waals surface area (Å²) in [5.74, 6) is -8.30. The van der Waals surface area contributed by atoms with Crippen molar-refractivity contribution in [2.24, 2.45) is 17.6 Å². The first kappa shape index (κ1) is 48.9. The number of hydrogen-bond acceptors (Lipinski definition) is 10. The Hall–Kier alpha value is -5.75. The molecule has 1 saturated heterocycles. The van der Waals surface area contributed by atoms with E-state index in [1.54, 1.807) is 37.3 Å². The van der Waals surface area contributed by atoms with Gasteiger partial charge in [0.15, 0.2) is 0 Å². The molecule has 1 unspecified atom stereocenters. The molecule has 4 rings (SSSR count). The van der Waals surface area contributed by atoms with E-state index in [0.29, 0.717) is 24.8 Å². The Morgan fingerprint density at radius 1 is 0.903 bits per heavy atom. The maximum absolute atomic E-state index is 14.8. The zero-order valence-electron chi connectivity index (χ0n) is 34.7. The first-order valence-corrected chi connectivity index (χ1v) is 21.2. The van der Waals surface area contributed by atoms with Crippen LogP contribution in [-0.4, -0.2) is 107 Å². The second-order valence-electron chi connectivity index (χ2n) is 15.8. The predicted molar refractivity (Wildman–Crippen MR) is 226 cm³/mol. The van der Waals surface area contributed by atoms with Crippen molar-refractivity contribution in [2.75, 3.05) is 19.7 Å². The lowest BCUT2D eigenvalue weighted by molar-refractivity contribution is -0.143. The number of ether oxygens (including phenoxy) is 1. The summed E-state index contributed by atoms with van der Waals surface area (Å²) in [5, 5.41) is 22.3. The number of primary amides is 1. The van der Waals surface area contributed by atoms with E-state index in [0.717, 1.165) is 31.4 Å². The van der Waals surface area contributed by atoms with Crippen molar-refractivity contribution in [2.45, 2.75) is 102 Å². The number of ketones is 1. The average molecular weight is 903 g/mol. The van der Waals surface area contributed by atoms with Crippen LogP contribution in [0.2, 0.25) is 10.0 Å². The molecular formula is C42H53Cl2N7O11. The molecule has 2 fully saturated rings. The summed E-state index contributed by atoms with van der Waals surface area (Å²) >= 11 is 12.2. The molecule has 1 aliphatic carbocycles. The molecule has 2 aromatic rings. The molecule has 2 aromatic carbocycles. The summed E-state index contributed by atoms with van der Waals surface area (Å²) in [6.07, 6.45) is 2.77. The van der Waals surface area contributed by atoms with Crippen LogP contribution in [0.5, 0.6) is 0 Å². The minimum atomic E-state index is -1.46. The van der Waals surface area contributed by atoms with Crippen molar-refractivity contribution in [3.05, 3.63) is 69.2 Å². The number of carboxylic acid groups (broad SMARTS) is 1. The van der Waals surface area contributed by atoms with Crippen LogP contribution in [0.25, 0.3) is 0 Å². The maximum Gasteiger partial charge on any atom is 0.407 e. The number of alkyl carbamates (subject to hydrolysis) is 1. The van der Waals surface area contributed by atoms with Crippen LogP contribution in [0.1, 0.15) is 104 Å².